The maximum absolute atomic E-state index is 12.4. The van der Waals surface area contributed by atoms with Gasteiger partial charge in [-0.15, -0.1) is 0 Å². The SMILES string of the molecule is CC(NC(=O)C1CCCN1C(=O)C(C)(C)C)c1ncc[nH]1. The molecule has 1 saturated heterocycles. The number of rotatable bonds is 3. The highest BCUT2D eigenvalue weighted by molar-refractivity contribution is 5.90. The van der Waals surface area contributed by atoms with Crippen molar-refractivity contribution in [3.8, 4) is 0 Å². The first kappa shape index (κ1) is 15.5. The van der Waals surface area contributed by atoms with Gasteiger partial charge < -0.3 is 15.2 Å². The zero-order valence-corrected chi connectivity index (χ0v) is 13.1. The van der Waals surface area contributed by atoms with Crippen LogP contribution < -0.4 is 5.32 Å². The Hall–Kier alpha value is -1.85. The van der Waals surface area contributed by atoms with Crippen molar-refractivity contribution in [2.24, 2.45) is 5.41 Å². The lowest BCUT2D eigenvalue weighted by Crippen LogP contribution is -2.49. The maximum Gasteiger partial charge on any atom is 0.243 e. The predicted octanol–water partition coefficient (Wildman–Crippen LogP) is 1.62. The van der Waals surface area contributed by atoms with Crippen LogP contribution in [0.4, 0.5) is 0 Å². The minimum Gasteiger partial charge on any atom is -0.347 e. The molecule has 2 unspecified atom stereocenters. The van der Waals surface area contributed by atoms with Crippen LogP contribution in [0.15, 0.2) is 12.4 Å². The van der Waals surface area contributed by atoms with E-state index in [0.29, 0.717) is 6.54 Å². The molecule has 1 aromatic rings. The average molecular weight is 292 g/mol. The average Bonchev–Trinajstić information content (AvgIpc) is 3.07. The fraction of sp³-hybridized carbons (Fsp3) is 0.667. The first-order valence-electron chi connectivity index (χ1n) is 7.41. The summed E-state index contributed by atoms with van der Waals surface area (Å²) in [7, 11) is 0. The summed E-state index contributed by atoms with van der Waals surface area (Å²) in [5.74, 6) is 0.648. The number of amides is 2. The molecule has 2 N–H and O–H groups in total. The lowest BCUT2D eigenvalue weighted by molar-refractivity contribution is -0.144. The van der Waals surface area contributed by atoms with Crippen LogP contribution in [-0.4, -0.2) is 39.3 Å². The van der Waals surface area contributed by atoms with Crippen LogP contribution in [0.1, 0.15) is 52.4 Å². The number of hydrogen-bond acceptors (Lipinski definition) is 3. The third-order valence-corrected chi connectivity index (χ3v) is 3.75. The normalized spacial score (nSPS) is 20.4. The quantitative estimate of drug-likeness (QED) is 0.888. The number of nitrogens with one attached hydrogen (secondary N) is 2. The van der Waals surface area contributed by atoms with Gasteiger partial charge in [-0.2, -0.15) is 0 Å². The molecule has 6 nitrogen and oxygen atoms in total. The predicted molar refractivity (Wildman–Crippen MR) is 79.3 cm³/mol. The van der Waals surface area contributed by atoms with Gasteiger partial charge in [0.2, 0.25) is 11.8 Å². The first-order chi connectivity index (χ1) is 9.80. The Labute approximate surface area is 125 Å². The highest BCUT2D eigenvalue weighted by Crippen LogP contribution is 2.25. The summed E-state index contributed by atoms with van der Waals surface area (Å²) >= 11 is 0. The number of carbonyl (C=O) groups excluding carboxylic acids is 2. The van der Waals surface area contributed by atoms with E-state index in [1.165, 1.54) is 0 Å². The van der Waals surface area contributed by atoms with E-state index in [2.05, 4.69) is 15.3 Å². The van der Waals surface area contributed by atoms with E-state index in [4.69, 9.17) is 0 Å². The van der Waals surface area contributed by atoms with Gasteiger partial charge in [0.1, 0.15) is 11.9 Å². The minimum atomic E-state index is -0.463. The fourth-order valence-corrected chi connectivity index (χ4v) is 2.61. The number of hydrogen-bond donors (Lipinski definition) is 2. The van der Waals surface area contributed by atoms with Crippen molar-refractivity contribution >= 4 is 11.8 Å². The second kappa shape index (κ2) is 5.87. The van der Waals surface area contributed by atoms with Crippen molar-refractivity contribution in [2.45, 2.75) is 52.6 Å². The summed E-state index contributed by atoms with van der Waals surface area (Å²) in [6.07, 6.45) is 4.97. The van der Waals surface area contributed by atoms with Crippen LogP contribution in [0.3, 0.4) is 0 Å². The highest BCUT2D eigenvalue weighted by atomic mass is 16.2. The van der Waals surface area contributed by atoms with Crippen molar-refractivity contribution in [3.63, 3.8) is 0 Å². The van der Waals surface area contributed by atoms with Crippen LogP contribution in [0.2, 0.25) is 0 Å². The number of likely N-dealkylation sites (tertiary alicyclic amines) is 1. The standard InChI is InChI=1S/C15H24N4O2/c1-10(12-16-7-8-17-12)18-13(20)11-6-5-9-19(11)14(21)15(2,3)4/h7-8,10-11H,5-6,9H2,1-4H3,(H,16,17)(H,18,20). The lowest BCUT2D eigenvalue weighted by atomic mass is 9.94. The van der Waals surface area contributed by atoms with Crippen molar-refractivity contribution in [1.29, 1.82) is 0 Å². The molecule has 0 aromatic carbocycles. The van der Waals surface area contributed by atoms with Gasteiger partial charge in [-0.05, 0) is 19.8 Å². The van der Waals surface area contributed by atoms with E-state index in [1.54, 1.807) is 17.3 Å². The summed E-state index contributed by atoms with van der Waals surface area (Å²) in [6.45, 7) is 8.18. The monoisotopic (exact) mass is 292 g/mol. The van der Waals surface area contributed by atoms with Crippen molar-refractivity contribution < 1.29 is 9.59 Å². The van der Waals surface area contributed by atoms with Crippen molar-refractivity contribution in [2.75, 3.05) is 6.54 Å². The van der Waals surface area contributed by atoms with E-state index >= 15 is 0 Å². The Bertz CT molecular complexity index is 504. The molecule has 1 aliphatic rings. The topological polar surface area (TPSA) is 78.1 Å². The number of H-pyrrole nitrogens is 1. The van der Waals surface area contributed by atoms with Crippen LogP contribution in [0.25, 0.3) is 0 Å². The number of aromatic nitrogens is 2. The van der Waals surface area contributed by atoms with E-state index in [0.717, 1.165) is 18.7 Å². The molecule has 6 heteroatoms. The van der Waals surface area contributed by atoms with Crippen LogP contribution in [0.5, 0.6) is 0 Å². The lowest BCUT2D eigenvalue weighted by Gasteiger charge is -2.30. The molecular weight excluding hydrogens is 268 g/mol. The summed E-state index contributed by atoms with van der Waals surface area (Å²) in [5, 5.41) is 2.93. The molecule has 1 aliphatic heterocycles. The molecule has 1 fully saturated rings. The largest absolute Gasteiger partial charge is 0.347 e. The van der Waals surface area contributed by atoms with Gasteiger partial charge in [0.25, 0.3) is 0 Å². The second-order valence-corrected chi connectivity index (χ2v) is 6.61. The molecular formula is C15H24N4O2. The van der Waals surface area contributed by atoms with Gasteiger partial charge in [-0.3, -0.25) is 9.59 Å². The maximum atomic E-state index is 12.4. The van der Waals surface area contributed by atoms with E-state index in [9.17, 15) is 9.59 Å². The van der Waals surface area contributed by atoms with Crippen molar-refractivity contribution in [3.05, 3.63) is 18.2 Å². The zero-order chi connectivity index (χ0) is 15.6. The van der Waals surface area contributed by atoms with Gasteiger partial charge in [0.05, 0.1) is 6.04 Å². The minimum absolute atomic E-state index is 0.0331. The van der Waals surface area contributed by atoms with E-state index in [-0.39, 0.29) is 23.9 Å². The third-order valence-electron chi connectivity index (χ3n) is 3.75. The first-order valence-corrected chi connectivity index (χ1v) is 7.41. The molecule has 2 rings (SSSR count). The second-order valence-electron chi connectivity index (χ2n) is 6.61. The van der Waals surface area contributed by atoms with Gasteiger partial charge in [0.15, 0.2) is 0 Å². The molecule has 0 radical (unpaired) electrons. The van der Waals surface area contributed by atoms with Gasteiger partial charge in [-0.25, -0.2) is 4.98 Å². The Balaban J connectivity index is 2.03. The molecule has 2 amide bonds. The molecule has 116 valence electrons. The zero-order valence-electron chi connectivity index (χ0n) is 13.1. The number of nitrogens with zero attached hydrogens (tertiary/aromatic N) is 2. The number of aromatic amines is 1. The van der Waals surface area contributed by atoms with Gasteiger partial charge in [-0.1, -0.05) is 20.8 Å². The summed E-state index contributed by atoms with van der Waals surface area (Å²) < 4.78 is 0. The molecule has 2 atom stereocenters. The van der Waals surface area contributed by atoms with Gasteiger partial charge >= 0.3 is 0 Å². The highest BCUT2D eigenvalue weighted by Gasteiger charge is 2.38. The van der Waals surface area contributed by atoms with Crippen molar-refractivity contribution in [1.82, 2.24) is 20.2 Å². The molecule has 21 heavy (non-hydrogen) atoms. The summed E-state index contributed by atoms with van der Waals surface area (Å²) in [6, 6.07) is -0.561. The molecule has 1 aromatic heterocycles. The molecule has 2 heterocycles. The van der Waals surface area contributed by atoms with Crippen LogP contribution in [-0.2, 0) is 9.59 Å². The molecule has 0 bridgehead atoms. The van der Waals surface area contributed by atoms with E-state index < -0.39 is 5.41 Å². The van der Waals surface area contributed by atoms with Crippen LogP contribution in [0, 0.1) is 5.41 Å². The van der Waals surface area contributed by atoms with E-state index in [1.807, 2.05) is 27.7 Å². The molecule has 0 saturated carbocycles. The summed E-state index contributed by atoms with van der Waals surface area (Å²) in [5.41, 5.74) is -0.463. The Morgan fingerprint density at radius 3 is 2.76 bits per heavy atom. The van der Waals surface area contributed by atoms with Gasteiger partial charge in [0, 0.05) is 24.4 Å². The van der Waals surface area contributed by atoms with Crippen LogP contribution >= 0.6 is 0 Å². The fourth-order valence-electron chi connectivity index (χ4n) is 2.61. The molecule has 0 spiro atoms. The third kappa shape index (κ3) is 3.43. The number of carbonyl (C=O) groups is 2. The summed E-state index contributed by atoms with van der Waals surface area (Å²) in [4.78, 5) is 33.7. The Morgan fingerprint density at radius 2 is 2.19 bits per heavy atom. The Morgan fingerprint density at radius 1 is 1.48 bits per heavy atom. The Kier molecular flexibility index (Phi) is 4.34. The smallest absolute Gasteiger partial charge is 0.243 e. The molecule has 0 aliphatic carbocycles. The number of imidazole rings is 1.